The van der Waals surface area contributed by atoms with Gasteiger partial charge in [-0.1, -0.05) is 5.10 Å². The first-order valence-electron chi connectivity index (χ1n) is 4.26. The Hall–Kier alpha value is -2.25. The fourth-order valence-corrected chi connectivity index (χ4v) is 1.15. The summed E-state index contributed by atoms with van der Waals surface area (Å²) in [7, 11) is 0. The van der Waals surface area contributed by atoms with Gasteiger partial charge in [-0.15, -0.1) is 0 Å². The van der Waals surface area contributed by atoms with E-state index in [-0.39, 0.29) is 11.7 Å². The minimum atomic E-state index is -2.84. The molecule has 0 aliphatic heterocycles. The van der Waals surface area contributed by atoms with Gasteiger partial charge in [0.2, 0.25) is 5.95 Å². The van der Waals surface area contributed by atoms with Gasteiger partial charge < -0.3 is 10.5 Å². The number of benzene rings is 1. The zero-order chi connectivity index (χ0) is 11.5. The van der Waals surface area contributed by atoms with Crippen molar-refractivity contribution in [3.05, 3.63) is 24.3 Å². The lowest BCUT2D eigenvalue weighted by Gasteiger charge is -2.05. The van der Waals surface area contributed by atoms with E-state index < -0.39 is 6.61 Å². The van der Waals surface area contributed by atoms with E-state index in [2.05, 4.69) is 20.3 Å². The Bertz CT molecular complexity index is 470. The van der Waals surface area contributed by atoms with Crippen LogP contribution in [0.15, 0.2) is 24.3 Å². The van der Waals surface area contributed by atoms with Crippen LogP contribution in [0.3, 0.4) is 0 Å². The van der Waals surface area contributed by atoms with E-state index in [1.165, 1.54) is 28.9 Å². The number of nitrogens with two attached hydrogens (primary N) is 1. The van der Waals surface area contributed by atoms with Gasteiger partial charge in [0, 0.05) is 0 Å². The summed E-state index contributed by atoms with van der Waals surface area (Å²) in [5.74, 6) is 0.174. The Morgan fingerprint density at radius 3 is 2.44 bits per heavy atom. The average molecular weight is 227 g/mol. The Balaban J connectivity index is 2.23. The van der Waals surface area contributed by atoms with E-state index in [0.29, 0.717) is 5.69 Å². The quantitative estimate of drug-likeness (QED) is 0.840. The second kappa shape index (κ2) is 4.09. The highest BCUT2D eigenvalue weighted by Crippen LogP contribution is 2.17. The normalized spacial score (nSPS) is 10.7. The third kappa shape index (κ3) is 2.05. The van der Waals surface area contributed by atoms with Crippen molar-refractivity contribution in [2.75, 3.05) is 5.73 Å². The van der Waals surface area contributed by atoms with Crippen molar-refractivity contribution in [1.29, 1.82) is 0 Å². The maximum Gasteiger partial charge on any atom is 0.387 e. The highest BCUT2D eigenvalue weighted by atomic mass is 19.3. The second-order valence-electron chi connectivity index (χ2n) is 2.82. The SMILES string of the molecule is Nc1nnnn1-c1ccc(OC(F)F)cc1. The van der Waals surface area contributed by atoms with Crippen LogP contribution >= 0.6 is 0 Å². The minimum Gasteiger partial charge on any atom is -0.435 e. The van der Waals surface area contributed by atoms with Gasteiger partial charge in [-0.2, -0.15) is 13.5 Å². The predicted octanol–water partition coefficient (Wildman–Crippen LogP) is 0.846. The van der Waals surface area contributed by atoms with Gasteiger partial charge in [-0.05, 0) is 34.7 Å². The number of nitrogen functional groups attached to an aromatic ring is 1. The monoisotopic (exact) mass is 227 g/mol. The molecule has 0 spiro atoms. The number of tetrazole rings is 1. The molecule has 2 aromatic rings. The molecule has 1 aromatic carbocycles. The second-order valence-corrected chi connectivity index (χ2v) is 2.82. The van der Waals surface area contributed by atoms with Crippen molar-refractivity contribution >= 4 is 5.95 Å². The topological polar surface area (TPSA) is 78.9 Å². The third-order valence-electron chi connectivity index (χ3n) is 1.80. The lowest BCUT2D eigenvalue weighted by atomic mass is 10.3. The molecular weight excluding hydrogens is 220 g/mol. The molecule has 2 rings (SSSR count). The summed E-state index contributed by atoms with van der Waals surface area (Å²) in [6.07, 6.45) is 0. The van der Waals surface area contributed by atoms with E-state index in [1.807, 2.05) is 0 Å². The first-order valence-corrected chi connectivity index (χ1v) is 4.26. The minimum absolute atomic E-state index is 0.0606. The maximum atomic E-state index is 11.9. The van der Waals surface area contributed by atoms with Crippen LogP contribution in [0.2, 0.25) is 0 Å². The van der Waals surface area contributed by atoms with Crippen LogP contribution in [0.5, 0.6) is 5.75 Å². The molecule has 0 amide bonds. The van der Waals surface area contributed by atoms with Crippen molar-refractivity contribution in [2.45, 2.75) is 6.61 Å². The number of alkyl halides is 2. The zero-order valence-electron chi connectivity index (χ0n) is 7.92. The van der Waals surface area contributed by atoms with E-state index in [9.17, 15) is 8.78 Å². The van der Waals surface area contributed by atoms with Crippen LogP contribution in [0.1, 0.15) is 0 Å². The fourth-order valence-electron chi connectivity index (χ4n) is 1.15. The number of rotatable bonds is 3. The van der Waals surface area contributed by atoms with Gasteiger partial charge in [0.1, 0.15) is 5.75 Å². The molecule has 0 aliphatic rings. The van der Waals surface area contributed by atoms with Gasteiger partial charge >= 0.3 is 6.61 Å². The van der Waals surface area contributed by atoms with Gasteiger partial charge in [-0.25, -0.2) is 0 Å². The molecule has 0 bridgehead atoms. The number of anilines is 1. The van der Waals surface area contributed by atoms with E-state index in [1.54, 1.807) is 0 Å². The van der Waals surface area contributed by atoms with Crippen LogP contribution in [0, 0.1) is 0 Å². The maximum absolute atomic E-state index is 11.9. The van der Waals surface area contributed by atoms with E-state index in [4.69, 9.17) is 5.73 Å². The van der Waals surface area contributed by atoms with Crippen molar-refractivity contribution in [2.24, 2.45) is 0 Å². The number of halogens is 2. The number of hydrogen-bond donors (Lipinski definition) is 1. The lowest BCUT2D eigenvalue weighted by molar-refractivity contribution is -0.0498. The number of ether oxygens (including phenoxy) is 1. The van der Waals surface area contributed by atoms with Gasteiger partial charge in [-0.3, -0.25) is 0 Å². The first-order chi connectivity index (χ1) is 7.66. The largest absolute Gasteiger partial charge is 0.435 e. The number of aromatic nitrogens is 4. The molecule has 6 nitrogen and oxygen atoms in total. The summed E-state index contributed by atoms with van der Waals surface area (Å²) in [5.41, 5.74) is 6.03. The molecule has 0 unspecified atom stereocenters. The van der Waals surface area contributed by atoms with Crippen molar-refractivity contribution in [3.63, 3.8) is 0 Å². The van der Waals surface area contributed by atoms with Gasteiger partial charge in [0.25, 0.3) is 0 Å². The highest BCUT2D eigenvalue weighted by Gasteiger charge is 2.06. The number of hydrogen-bond acceptors (Lipinski definition) is 5. The highest BCUT2D eigenvalue weighted by molar-refractivity contribution is 5.39. The van der Waals surface area contributed by atoms with Crippen LogP contribution in [-0.2, 0) is 0 Å². The van der Waals surface area contributed by atoms with E-state index in [0.717, 1.165) is 0 Å². The molecule has 0 radical (unpaired) electrons. The van der Waals surface area contributed by atoms with Crippen LogP contribution in [0.4, 0.5) is 14.7 Å². The molecule has 2 N–H and O–H groups in total. The molecular formula is C8H7F2N5O. The summed E-state index contributed by atoms with van der Waals surface area (Å²) >= 11 is 0. The summed E-state index contributed by atoms with van der Waals surface area (Å²) in [5, 5.41) is 10.5. The summed E-state index contributed by atoms with van der Waals surface area (Å²) in [4.78, 5) is 0. The average Bonchev–Trinajstić information content (AvgIpc) is 2.65. The fraction of sp³-hybridized carbons (Fsp3) is 0.125. The predicted molar refractivity (Wildman–Crippen MR) is 50.2 cm³/mol. The van der Waals surface area contributed by atoms with Crippen LogP contribution < -0.4 is 10.5 Å². The zero-order valence-corrected chi connectivity index (χ0v) is 7.92. The lowest BCUT2D eigenvalue weighted by Crippen LogP contribution is -2.04. The van der Waals surface area contributed by atoms with Crippen molar-refractivity contribution in [1.82, 2.24) is 20.2 Å². The Morgan fingerprint density at radius 1 is 1.25 bits per heavy atom. The number of nitrogens with zero attached hydrogens (tertiary/aromatic N) is 4. The molecule has 16 heavy (non-hydrogen) atoms. The van der Waals surface area contributed by atoms with Gasteiger partial charge in [0.15, 0.2) is 0 Å². The molecule has 84 valence electrons. The molecule has 1 heterocycles. The standard InChI is InChI=1S/C8H7F2N5O/c9-7(10)16-6-3-1-5(2-4-6)15-8(11)12-13-14-15/h1-4,7H,(H2,11,12,14). The van der Waals surface area contributed by atoms with Crippen LogP contribution in [-0.4, -0.2) is 26.8 Å². The molecule has 0 saturated carbocycles. The molecule has 0 saturated heterocycles. The summed E-state index contributed by atoms with van der Waals surface area (Å²) in [6.45, 7) is -2.84. The summed E-state index contributed by atoms with van der Waals surface area (Å²) < 4.78 is 29.2. The third-order valence-corrected chi connectivity index (χ3v) is 1.80. The van der Waals surface area contributed by atoms with Crippen molar-refractivity contribution < 1.29 is 13.5 Å². The molecule has 1 aromatic heterocycles. The summed E-state index contributed by atoms with van der Waals surface area (Å²) in [6, 6.07) is 5.79. The molecule has 0 atom stereocenters. The molecule has 0 fully saturated rings. The smallest absolute Gasteiger partial charge is 0.387 e. The van der Waals surface area contributed by atoms with Crippen molar-refractivity contribution in [3.8, 4) is 11.4 Å². The molecule has 8 heteroatoms. The van der Waals surface area contributed by atoms with E-state index >= 15 is 0 Å². The Kier molecular flexibility index (Phi) is 2.63. The molecule has 0 aliphatic carbocycles. The van der Waals surface area contributed by atoms with Gasteiger partial charge in [0.05, 0.1) is 5.69 Å². The Labute approximate surface area is 88.6 Å². The first kappa shape index (κ1) is 10.3. The van der Waals surface area contributed by atoms with Crippen LogP contribution in [0.25, 0.3) is 5.69 Å². The Morgan fingerprint density at radius 2 is 1.94 bits per heavy atom.